The van der Waals surface area contributed by atoms with Crippen LogP contribution in [-0.4, -0.2) is 19.7 Å². The van der Waals surface area contributed by atoms with Crippen molar-refractivity contribution in [3.63, 3.8) is 0 Å². The summed E-state index contributed by atoms with van der Waals surface area (Å²) >= 11 is 0. The molecule has 0 amide bonds. The van der Waals surface area contributed by atoms with Crippen LogP contribution in [0, 0.1) is 0 Å². The molecule has 0 unspecified atom stereocenters. The molecule has 0 atom stereocenters. The maximum atomic E-state index is 11.2. The fourth-order valence-electron chi connectivity index (χ4n) is 4.31. The first-order valence-electron chi connectivity index (χ1n) is 11.3. The number of allylic oxidation sites excluding steroid dienone is 1. The van der Waals surface area contributed by atoms with E-state index in [1.165, 1.54) is 60.6 Å². The van der Waals surface area contributed by atoms with Crippen LogP contribution in [0.15, 0.2) is 54.1 Å². The third-order valence-electron chi connectivity index (χ3n) is 6.30. The van der Waals surface area contributed by atoms with E-state index in [1.807, 2.05) is 12.1 Å². The Balaban J connectivity index is 1.35. The van der Waals surface area contributed by atoms with Crippen LogP contribution in [0.1, 0.15) is 74.0 Å². The maximum Gasteiger partial charge on any atom is 0.305 e. The molecule has 0 heterocycles. The topological polar surface area (TPSA) is 35.5 Å². The van der Waals surface area contributed by atoms with Gasteiger partial charge in [0.05, 0.1) is 7.11 Å². The van der Waals surface area contributed by atoms with Crippen molar-refractivity contribution in [2.45, 2.75) is 63.7 Å². The Bertz CT molecular complexity index is 873. The first-order chi connectivity index (χ1) is 14.7. The molecule has 1 saturated carbocycles. The second-order valence-electron chi connectivity index (χ2n) is 8.55. The van der Waals surface area contributed by atoms with Crippen LogP contribution in [-0.2, 0) is 16.0 Å². The number of methoxy groups -OCH3 is 1. The molecule has 3 nitrogen and oxygen atoms in total. The molecule has 2 aliphatic carbocycles. The fraction of sp³-hybridized carbons (Fsp3) is 0.444. The number of aryl methyl sites for hydroxylation is 1. The standard InChI is InChI=1S/C27H32O3/c1-29-27(28)8-4-5-20-9-17-25(18-10-20)30-19-24-6-2-3-7-26(24)23-15-13-22(14-16-23)21-11-12-21/h9-10,13-18,21H,2-8,11-12,19H2,1H3. The van der Waals surface area contributed by atoms with E-state index < -0.39 is 0 Å². The molecule has 1 fully saturated rings. The Labute approximate surface area is 180 Å². The number of hydrogen-bond acceptors (Lipinski definition) is 3. The maximum absolute atomic E-state index is 11.2. The largest absolute Gasteiger partial charge is 0.489 e. The second-order valence-corrected chi connectivity index (χ2v) is 8.55. The van der Waals surface area contributed by atoms with E-state index in [0.29, 0.717) is 13.0 Å². The molecule has 2 aromatic carbocycles. The Kier molecular flexibility index (Phi) is 6.88. The zero-order valence-corrected chi connectivity index (χ0v) is 18.0. The van der Waals surface area contributed by atoms with Crippen molar-refractivity contribution in [3.8, 4) is 5.75 Å². The molecule has 0 aromatic heterocycles. The van der Waals surface area contributed by atoms with Crippen LogP contribution in [0.3, 0.4) is 0 Å². The summed E-state index contributed by atoms with van der Waals surface area (Å²) in [6.07, 6.45) is 9.66. The van der Waals surface area contributed by atoms with E-state index in [4.69, 9.17) is 9.47 Å². The Hall–Kier alpha value is -2.55. The summed E-state index contributed by atoms with van der Waals surface area (Å²) in [6, 6.07) is 17.6. The summed E-state index contributed by atoms with van der Waals surface area (Å²) < 4.78 is 10.8. The van der Waals surface area contributed by atoms with Gasteiger partial charge in [0.25, 0.3) is 0 Å². The minimum Gasteiger partial charge on any atom is -0.489 e. The number of rotatable bonds is 9. The second kappa shape index (κ2) is 9.97. The van der Waals surface area contributed by atoms with Gasteiger partial charge in [-0.3, -0.25) is 4.79 Å². The number of carbonyl (C=O) groups is 1. The van der Waals surface area contributed by atoms with Gasteiger partial charge in [-0.05, 0) is 97.3 Å². The Morgan fingerprint density at radius 3 is 2.40 bits per heavy atom. The molecule has 158 valence electrons. The normalized spacial score (nSPS) is 16.4. The molecule has 0 radical (unpaired) electrons. The molecule has 0 N–H and O–H groups in total. The number of ether oxygens (including phenoxy) is 2. The van der Waals surface area contributed by atoms with Crippen molar-refractivity contribution < 1.29 is 14.3 Å². The smallest absolute Gasteiger partial charge is 0.305 e. The zero-order chi connectivity index (χ0) is 20.8. The predicted molar refractivity (Wildman–Crippen MR) is 121 cm³/mol. The summed E-state index contributed by atoms with van der Waals surface area (Å²) in [6.45, 7) is 0.668. The van der Waals surface area contributed by atoms with Crippen LogP contribution in [0.25, 0.3) is 5.57 Å². The highest BCUT2D eigenvalue weighted by Gasteiger charge is 2.23. The van der Waals surface area contributed by atoms with Crippen molar-refractivity contribution >= 4 is 11.5 Å². The quantitative estimate of drug-likeness (QED) is 0.450. The van der Waals surface area contributed by atoms with Crippen molar-refractivity contribution in [1.82, 2.24) is 0 Å². The molecule has 2 aromatic rings. The molecule has 0 bridgehead atoms. The summed E-state index contributed by atoms with van der Waals surface area (Å²) in [5.74, 6) is 1.58. The van der Waals surface area contributed by atoms with Gasteiger partial charge in [0, 0.05) is 6.42 Å². The molecular formula is C27H32O3. The lowest BCUT2D eigenvalue weighted by Gasteiger charge is -2.21. The summed E-state index contributed by atoms with van der Waals surface area (Å²) in [5, 5.41) is 0. The number of carbonyl (C=O) groups excluding carboxylic acids is 1. The van der Waals surface area contributed by atoms with Gasteiger partial charge in [-0.25, -0.2) is 0 Å². The average molecular weight is 405 g/mol. The predicted octanol–water partition coefficient (Wildman–Crippen LogP) is 6.47. The van der Waals surface area contributed by atoms with Crippen molar-refractivity contribution in [2.24, 2.45) is 0 Å². The van der Waals surface area contributed by atoms with Gasteiger partial charge in [0.2, 0.25) is 0 Å². The minimum absolute atomic E-state index is 0.145. The van der Waals surface area contributed by atoms with E-state index in [0.717, 1.165) is 37.4 Å². The lowest BCUT2D eigenvalue weighted by molar-refractivity contribution is -0.140. The van der Waals surface area contributed by atoms with Gasteiger partial charge in [-0.2, -0.15) is 0 Å². The lowest BCUT2D eigenvalue weighted by Crippen LogP contribution is -2.08. The van der Waals surface area contributed by atoms with Gasteiger partial charge in [0.15, 0.2) is 0 Å². The Morgan fingerprint density at radius 2 is 1.70 bits per heavy atom. The molecule has 4 rings (SSSR count). The first kappa shape index (κ1) is 20.7. The molecule has 0 aliphatic heterocycles. The van der Waals surface area contributed by atoms with Crippen LogP contribution in [0.2, 0.25) is 0 Å². The summed E-state index contributed by atoms with van der Waals surface area (Å²) in [5.41, 5.74) is 7.03. The third kappa shape index (κ3) is 5.53. The van der Waals surface area contributed by atoms with Crippen molar-refractivity contribution in [3.05, 3.63) is 70.8 Å². The SMILES string of the molecule is COC(=O)CCCc1ccc(OCC2=C(c3ccc(C4CC4)cc3)CCCC2)cc1. The number of esters is 1. The average Bonchev–Trinajstić information content (AvgIpc) is 3.64. The van der Waals surface area contributed by atoms with Gasteiger partial charge in [-0.15, -0.1) is 0 Å². The van der Waals surface area contributed by atoms with Crippen LogP contribution in [0.5, 0.6) is 5.75 Å². The highest BCUT2D eigenvalue weighted by atomic mass is 16.5. The highest BCUT2D eigenvalue weighted by Crippen LogP contribution is 2.41. The monoisotopic (exact) mass is 404 g/mol. The third-order valence-corrected chi connectivity index (χ3v) is 6.30. The van der Waals surface area contributed by atoms with Gasteiger partial charge in [0.1, 0.15) is 12.4 Å². The molecular weight excluding hydrogens is 372 g/mol. The molecule has 3 heteroatoms. The van der Waals surface area contributed by atoms with E-state index in [1.54, 1.807) is 0 Å². The van der Waals surface area contributed by atoms with Crippen LogP contribution in [0.4, 0.5) is 0 Å². The van der Waals surface area contributed by atoms with Crippen LogP contribution >= 0.6 is 0 Å². The van der Waals surface area contributed by atoms with E-state index >= 15 is 0 Å². The Morgan fingerprint density at radius 1 is 0.967 bits per heavy atom. The van der Waals surface area contributed by atoms with Gasteiger partial charge >= 0.3 is 5.97 Å². The lowest BCUT2D eigenvalue weighted by atomic mass is 9.87. The number of hydrogen-bond donors (Lipinski definition) is 0. The van der Waals surface area contributed by atoms with E-state index in [2.05, 4.69) is 36.4 Å². The van der Waals surface area contributed by atoms with E-state index in [9.17, 15) is 4.79 Å². The van der Waals surface area contributed by atoms with Crippen molar-refractivity contribution in [2.75, 3.05) is 13.7 Å². The highest BCUT2D eigenvalue weighted by molar-refractivity contribution is 5.70. The molecule has 0 saturated heterocycles. The van der Waals surface area contributed by atoms with E-state index in [-0.39, 0.29) is 5.97 Å². The summed E-state index contributed by atoms with van der Waals surface area (Å²) in [7, 11) is 1.44. The van der Waals surface area contributed by atoms with Gasteiger partial charge in [-0.1, -0.05) is 36.4 Å². The molecule has 2 aliphatic rings. The zero-order valence-electron chi connectivity index (χ0n) is 18.0. The van der Waals surface area contributed by atoms with Crippen LogP contribution < -0.4 is 4.74 Å². The minimum atomic E-state index is -0.145. The summed E-state index contributed by atoms with van der Waals surface area (Å²) in [4.78, 5) is 11.2. The molecule has 0 spiro atoms. The van der Waals surface area contributed by atoms with Crippen molar-refractivity contribution in [1.29, 1.82) is 0 Å². The fourth-order valence-corrected chi connectivity index (χ4v) is 4.31. The molecule has 30 heavy (non-hydrogen) atoms. The first-order valence-corrected chi connectivity index (χ1v) is 11.3. The number of benzene rings is 2. The van der Waals surface area contributed by atoms with Gasteiger partial charge < -0.3 is 9.47 Å².